The van der Waals surface area contributed by atoms with Gasteiger partial charge >= 0.3 is 0 Å². The molecule has 0 amide bonds. The van der Waals surface area contributed by atoms with Crippen LogP contribution in [0.2, 0.25) is 0 Å². The Hall–Kier alpha value is -7.41. The molecule has 4 aromatic heterocycles. The summed E-state index contributed by atoms with van der Waals surface area (Å²) in [5, 5.41) is 7.12. The Labute approximate surface area is 330 Å². The van der Waals surface area contributed by atoms with E-state index in [2.05, 4.69) is 120 Å². The second kappa shape index (κ2) is 12.6. The van der Waals surface area contributed by atoms with Crippen molar-refractivity contribution in [2.45, 2.75) is 0 Å². The first kappa shape index (κ1) is 31.9. The van der Waals surface area contributed by atoms with Gasteiger partial charge in [0, 0.05) is 58.5 Å². The SMILES string of the molecule is c1ccc(-c2nc(-c3ccccc3)nc(-c3cccc4c3oc3cc(-c5cccc6c5sc5cc(-n7c8ccccc8c8ccccc87)ccc56)ccc34)n2)cc1. The average molecular weight is 747 g/mol. The van der Waals surface area contributed by atoms with Gasteiger partial charge < -0.3 is 8.98 Å². The number of para-hydroxylation sites is 3. The lowest BCUT2D eigenvalue weighted by Gasteiger charge is -2.08. The van der Waals surface area contributed by atoms with Crippen molar-refractivity contribution in [1.29, 1.82) is 0 Å². The van der Waals surface area contributed by atoms with Crippen LogP contribution in [0.15, 0.2) is 186 Å². The maximum absolute atomic E-state index is 6.79. The molecule has 4 heterocycles. The molecule has 0 aliphatic rings. The maximum Gasteiger partial charge on any atom is 0.167 e. The molecule has 6 heteroatoms. The van der Waals surface area contributed by atoms with Crippen molar-refractivity contribution < 1.29 is 4.42 Å². The van der Waals surface area contributed by atoms with Crippen LogP contribution < -0.4 is 0 Å². The molecule has 0 saturated carbocycles. The van der Waals surface area contributed by atoms with Gasteiger partial charge in [-0.15, -0.1) is 11.3 Å². The van der Waals surface area contributed by atoms with Crippen LogP contribution in [0.5, 0.6) is 0 Å². The monoisotopic (exact) mass is 746 g/mol. The molecule has 0 fully saturated rings. The molecule has 0 atom stereocenters. The summed E-state index contributed by atoms with van der Waals surface area (Å²) in [7, 11) is 0. The van der Waals surface area contributed by atoms with Gasteiger partial charge in [0.2, 0.25) is 0 Å². The molecule has 0 radical (unpaired) electrons. The zero-order valence-electron chi connectivity index (χ0n) is 30.4. The third-order valence-electron chi connectivity index (χ3n) is 11.1. The van der Waals surface area contributed by atoms with Gasteiger partial charge in [0.05, 0.1) is 16.6 Å². The summed E-state index contributed by atoms with van der Waals surface area (Å²) in [6.45, 7) is 0. The van der Waals surface area contributed by atoms with E-state index in [1.54, 1.807) is 0 Å². The van der Waals surface area contributed by atoms with Crippen LogP contribution in [-0.4, -0.2) is 19.5 Å². The summed E-state index contributed by atoms with van der Waals surface area (Å²) in [5.41, 5.74) is 10.2. The number of benzene rings is 8. The number of fused-ring (bicyclic) bond motifs is 9. The molecule has 0 aliphatic carbocycles. The number of thiophene rings is 1. The van der Waals surface area contributed by atoms with Crippen molar-refractivity contribution in [2.75, 3.05) is 0 Å². The lowest BCUT2D eigenvalue weighted by Crippen LogP contribution is -2.00. The van der Waals surface area contributed by atoms with Crippen LogP contribution in [0.4, 0.5) is 0 Å². The van der Waals surface area contributed by atoms with Gasteiger partial charge in [-0.2, -0.15) is 0 Å². The fourth-order valence-corrected chi connectivity index (χ4v) is 9.70. The number of hydrogen-bond donors (Lipinski definition) is 0. The van der Waals surface area contributed by atoms with Crippen LogP contribution in [0, 0.1) is 0 Å². The van der Waals surface area contributed by atoms with Gasteiger partial charge in [0.15, 0.2) is 17.5 Å². The van der Waals surface area contributed by atoms with E-state index in [0.29, 0.717) is 17.5 Å². The zero-order valence-corrected chi connectivity index (χ0v) is 31.2. The highest BCUT2D eigenvalue weighted by molar-refractivity contribution is 7.26. The number of furan rings is 1. The molecular weight excluding hydrogens is 717 g/mol. The van der Waals surface area contributed by atoms with E-state index in [0.717, 1.165) is 49.9 Å². The van der Waals surface area contributed by atoms with E-state index < -0.39 is 0 Å². The van der Waals surface area contributed by atoms with E-state index >= 15 is 0 Å². The molecule has 12 rings (SSSR count). The van der Waals surface area contributed by atoms with Gasteiger partial charge in [-0.25, -0.2) is 15.0 Å². The van der Waals surface area contributed by atoms with Crippen LogP contribution >= 0.6 is 11.3 Å². The van der Waals surface area contributed by atoms with Crippen LogP contribution in [0.3, 0.4) is 0 Å². The van der Waals surface area contributed by atoms with Crippen molar-refractivity contribution in [2.24, 2.45) is 0 Å². The average Bonchev–Trinajstić information content (AvgIpc) is 3.96. The predicted octanol–water partition coefficient (Wildman–Crippen LogP) is 13.9. The van der Waals surface area contributed by atoms with Gasteiger partial charge in [0.25, 0.3) is 0 Å². The second-order valence-corrected chi connectivity index (χ2v) is 15.4. The van der Waals surface area contributed by atoms with E-state index in [9.17, 15) is 0 Å². The van der Waals surface area contributed by atoms with Crippen LogP contribution in [0.25, 0.3) is 115 Å². The fourth-order valence-electron chi connectivity index (χ4n) is 8.43. The third-order valence-corrected chi connectivity index (χ3v) is 12.3. The lowest BCUT2D eigenvalue weighted by molar-refractivity contribution is 0.669. The normalized spacial score (nSPS) is 11.9. The standard InChI is InChI=1S/C51H30N4OS/c1-3-13-31(14-4-1)49-52-50(32-15-5-2-6-16-32)54-51(53-49)42-22-12-20-40-38-27-25-33(29-45(38)56-47(40)42)35-19-11-21-41-39-28-26-34(30-46(39)57-48(35)41)55-43-23-9-7-17-36(43)37-18-8-10-24-44(37)55/h1-30H. The Balaban J connectivity index is 0.989. The molecule has 5 nitrogen and oxygen atoms in total. The Kier molecular flexibility index (Phi) is 7.03. The largest absolute Gasteiger partial charge is 0.455 e. The molecule has 0 spiro atoms. The summed E-state index contributed by atoms with van der Waals surface area (Å²) in [5.74, 6) is 1.81. The van der Waals surface area contributed by atoms with Crippen molar-refractivity contribution in [3.05, 3.63) is 182 Å². The molecule has 0 aliphatic heterocycles. The lowest BCUT2D eigenvalue weighted by atomic mass is 10.0. The number of rotatable bonds is 5. The van der Waals surface area contributed by atoms with Crippen LogP contribution in [0.1, 0.15) is 0 Å². The van der Waals surface area contributed by atoms with E-state index in [-0.39, 0.29) is 0 Å². The van der Waals surface area contributed by atoms with E-state index in [1.165, 1.54) is 47.5 Å². The van der Waals surface area contributed by atoms with E-state index in [1.807, 2.05) is 78.1 Å². The van der Waals surface area contributed by atoms with Crippen molar-refractivity contribution >= 4 is 75.3 Å². The van der Waals surface area contributed by atoms with Crippen molar-refractivity contribution in [3.63, 3.8) is 0 Å². The molecule has 0 N–H and O–H groups in total. The van der Waals surface area contributed by atoms with Crippen molar-refractivity contribution in [1.82, 2.24) is 19.5 Å². The highest BCUT2D eigenvalue weighted by Gasteiger charge is 2.19. The van der Waals surface area contributed by atoms with Gasteiger partial charge in [-0.1, -0.05) is 140 Å². The molecule has 57 heavy (non-hydrogen) atoms. The highest BCUT2D eigenvalue weighted by Crippen LogP contribution is 2.43. The summed E-state index contributed by atoms with van der Waals surface area (Å²) in [6, 6.07) is 63.8. The van der Waals surface area contributed by atoms with Gasteiger partial charge in [-0.05, 0) is 53.6 Å². The summed E-state index contributed by atoms with van der Waals surface area (Å²) in [6.07, 6.45) is 0. The molecule has 8 aromatic carbocycles. The maximum atomic E-state index is 6.79. The minimum atomic E-state index is 0.572. The molecule has 0 bridgehead atoms. The molecular formula is C51H30N4OS. The van der Waals surface area contributed by atoms with Crippen LogP contribution in [-0.2, 0) is 0 Å². The molecule has 266 valence electrons. The Morgan fingerprint density at radius 1 is 0.404 bits per heavy atom. The molecule has 0 saturated heterocycles. The summed E-state index contributed by atoms with van der Waals surface area (Å²) >= 11 is 1.85. The minimum Gasteiger partial charge on any atom is -0.455 e. The fraction of sp³-hybridized carbons (Fsp3) is 0. The Morgan fingerprint density at radius 2 is 0.982 bits per heavy atom. The highest BCUT2D eigenvalue weighted by atomic mass is 32.1. The van der Waals surface area contributed by atoms with E-state index in [4.69, 9.17) is 19.4 Å². The Morgan fingerprint density at radius 3 is 1.68 bits per heavy atom. The number of nitrogens with zero attached hydrogens (tertiary/aromatic N) is 4. The first-order chi connectivity index (χ1) is 28.2. The number of hydrogen-bond acceptors (Lipinski definition) is 5. The van der Waals surface area contributed by atoms with Gasteiger partial charge in [0.1, 0.15) is 11.2 Å². The number of aromatic nitrogens is 4. The minimum absolute atomic E-state index is 0.572. The molecule has 0 unspecified atom stereocenters. The molecule has 12 aromatic rings. The summed E-state index contributed by atoms with van der Waals surface area (Å²) < 4.78 is 11.7. The second-order valence-electron chi connectivity index (χ2n) is 14.4. The third kappa shape index (κ3) is 5.04. The Bertz CT molecular complexity index is 3420. The quantitative estimate of drug-likeness (QED) is 0.176. The van der Waals surface area contributed by atoms with Crippen molar-refractivity contribution in [3.8, 4) is 51.0 Å². The van der Waals surface area contributed by atoms with Gasteiger partial charge in [-0.3, -0.25) is 0 Å². The topological polar surface area (TPSA) is 56.7 Å². The smallest absolute Gasteiger partial charge is 0.167 e. The zero-order chi connectivity index (χ0) is 37.5. The first-order valence-corrected chi connectivity index (χ1v) is 19.8. The first-order valence-electron chi connectivity index (χ1n) is 19.0. The summed E-state index contributed by atoms with van der Waals surface area (Å²) in [4.78, 5) is 14.9. The predicted molar refractivity (Wildman–Crippen MR) is 236 cm³/mol.